The zero-order valence-electron chi connectivity index (χ0n) is 13.1. The maximum absolute atomic E-state index is 12.1. The lowest BCUT2D eigenvalue weighted by Crippen LogP contribution is -2.67. The minimum Gasteiger partial charge on any atom is -0.498 e. The van der Waals surface area contributed by atoms with Gasteiger partial charge < -0.3 is 25.4 Å². The molecule has 2 saturated heterocycles. The van der Waals surface area contributed by atoms with E-state index in [1.165, 1.54) is 0 Å². The normalized spacial score (nSPS) is 41.7. The molecule has 0 aromatic rings. The van der Waals surface area contributed by atoms with Crippen molar-refractivity contribution in [2.45, 2.75) is 45.4 Å². The highest BCUT2D eigenvalue weighted by Gasteiger charge is 2.64. The second-order valence-electron chi connectivity index (χ2n) is 7.47. The fraction of sp³-hybridized carbons (Fsp3) is 0.786. The fourth-order valence-corrected chi connectivity index (χ4v) is 3.58. The molecule has 5 atom stereocenters. The van der Waals surface area contributed by atoms with Crippen molar-refractivity contribution in [1.29, 1.82) is 0 Å². The summed E-state index contributed by atoms with van der Waals surface area (Å²) < 4.78 is -0.435. The van der Waals surface area contributed by atoms with Crippen LogP contribution in [0.3, 0.4) is 0 Å². The average molecular weight is 314 g/mol. The summed E-state index contributed by atoms with van der Waals surface area (Å²) in [4.78, 5) is 35.3. The lowest BCUT2D eigenvalue weighted by molar-refractivity contribution is -0.910. The number of carboxylic acid groups (broad SMARTS) is 2. The standard InChI is InChI=1S/C14H22N2O6/c1-13(2,3)16(12(21)22)5-7-8(6-16)15-10(18)14(4,9(7)17)11(19)20/h7-9,17H,5-6H2,1-4H3,(H2-,15,18,19,20,21,22)/t7-,8-,9?,14?,16?/m0/s1. The fourth-order valence-electron chi connectivity index (χ4n) is 3.58. The van der Waals surface area contributed by atoms with Gasteiger partial charge in [-0.1, -0.05) is 0 Å². The summed E-state index contributed by atoms with van der Waals surface area (Å²) in [5, 5.41) is 34.1. The van der Waals surface area contributed by atoms with Crippen molar-refractivity contribution in [2.75, 3.05) is 13.1 Å². The molecule has 3 unspecified atom stereocenters. The molecule has 2 amide bonds. The zero-order valence-corrected chi connectivity index (χ0v) is 13.1. The van der Waals surface area contributed by atoms with E-state index in [0.29, 0.717) is 0 Å². The van der Waals surface area contributed by atoms with Gasteiger partial charge in [-0.25, -0.2) is 0 Å². The predicted octanol–water partition coefficient (Wildman–Crippen LogP) is -1.47. The number of piperidine rings is 1. The molecular weight excluding hydrogens is 292 g/mol. The molecule has 2 aliphatic rings. The van der Waals surface area contributed by atoms with Crippen LogP contribution < -0.4 is 10.4 Å². The van der Waals surface area contributed by atoms with Gasteiger partial charge in [0.1, 0.15) is 6.54 Å². The van der Waals surface area contributed by atoms with Crippen molar-refractivity contribution < 1.29 is 34.2 Å². The van der Waals surface area contributed by atoms with Crippen molar-refractivity contribution in [1.82, 2.24) is 5.32 Å². The number of fused-ring (bicyclic) bond motifs is 1. The van der Waals surface area contributed by atoms with Crippen LogP contribution in [0.2, 0.25) is 0 Å². The Balaban J connectivity index is 2.45. The summed E-state index contributed by atoms with van der Waals surface area (Å²) >= 11 is 0. The second kappa shape index (κ2) is 4.66. The van der Waals surface area contributed by atoms with Crippen LogP contribution in [0.15, 0.2) is 0 Å². The Kier molecular flexibility index (Phi) is 3.54. The number of aliphatic hydroxyl groups is 1. The van der Waals surface area contributed by atoms with E-state index in [1.807, 2.05) is 0 Å². The molecule has 0 bridgehead atoms. The first-order chi connectivity index (χ1) is 9.88. The van der Waals surface area contributed by atoms with Crippen LogP contribution in [-0.4, -0.2) is 63.4 Å². The highest BCUT2D eigenvalue weighted by Crippen LogP contribution is 2.42. The first-order valence-electron chi connectivity index (χ1n) is 7.19. The molecule has 8 nitrogen and oxygen atoms in total. The first kappa shape index (κ1) is 16.7. The molecule has 8 heteroatoms. The number of amides is 2. The first-order valence-corrected chi connectivity index (χ1v) is 7.19. The third-order valence-corrected chi connectivity index (χ3v) is 5.41. The number of likely N-dealkylation sites (tertiary alicyclic amines) is 1. The molecule has 22 heavy (non-hydrogen) atoms. The van der Waals surface area contributed by atoms with Crippen molar-refractivity contribution in [2.24, 2.45) is 11.3 Å². The van der Waals surface area contributed by atoms with E-state index >= 15 is 0 Å². The molecule has 124 valence electrons. The van der Waals surface area contributed by atoms with Crippen molar-refractivity contribution in [3.8, 4) is 0 Å². The van der Waals surface area contributed by atoms with E-state index in [-0.39, 0.29) is 13.1 Å². The van der Waals surface area contributed by atoms with Gasteiger partial charge in [-0.05, 0) is 27.7 Å². The largest absolute Gasteiger partial charge is 0.498 e. The number of carbonyl (C=O) groups excluding carboxylic acids is 2. The summed E-state index contributed by atoms with van der Waals surface area (Å²) in [7, 11) is 0. The Morgan fingerprint density at radius 1 is 1.36 bits per heavy atom. The van der Waals surface area contributed by atoms with E-state index in [2.05, 4.69) is 5.32 Å². The van der Waals surface area contributed by atoms with E-state index < -0.39 is 51.5 Å². The van der Waals surface area contributed by atoms with E-state index in [0.717, 1.165) is 6.92 Å². The number of hydrogen-bond acceptors (Lipinski definition) is 5. The van der Waals surface area contributed by atoms with Crippen LogP contribution in [0.4, 0.5) is 4.79 Å². The molecule has 3 N–H and O–H groups in total. The minimum atomic E-state index is -1.98. The lowest BCUT2D eigenvalue weighted by Gasteiger charge is -2.45. The van der Waals surface area contributed by atoms with Gasteiger partial charge in [0, 0.05) is 0 Å². The number of carboxylic acids is 1. The summed E-state index contributed by atoms with van der Waals surface area (Å²) in [6.45, 7) is 6.46. The zero-order chi connectivity index (χ0) is 17.1. The number of carbonyl (C=O) groups is 3. The summed E-state index contributed by atoms with van der Waals surface area (Å²) in [5.41, 5.74) is -2.69. The number of nitrogens with zero attached hydrogens (tertiary/aromatic N) is 1. The maximum atomic E-state index is 12.1. The minimum absolute atomic E-state index is 0.0147. The molecule has 0 saturated carbocycles. The van der Waals surface area contributed by atoms with Gasteiger partial charge in [0.2, 0.25) is 5.91 Å². The highest BCUT2D eigenvalue weighted by atomic mass is 16.4. The van der Waals surface area contributed by atoms with Gasteiger partial charge in [-0.15, -0.1) is 0 Å². The lowest BCUT2D eigenvalue weighted by atomic mass is 9.72. The molecule has 0 radical (unpaired) electrons. The van der Waals surface area contributed by atoms with Gasteiger partial charge in [0.05, 0.1) is 30.1 Å². The van der Waals surface area contributed by atoms with Crippen molar-refractivity contribution in [3.63, 3.8) is 0 Å². The van der Waals surface area contributed by atoms with Gasteiger partial charge in [-0.3, -0.25) is 14.1 Å². The van der Waals surface area contributed by atoms with Gasteiger partial charge >= 0.3 is 5.97 Å². The number of aliphatic carboxylic acids is 1. The highest BCUT2D eigenvalue weighted by molar-refractivity contribution is 6.03. The Hall–Kier alpha value is -1.67. The average Bonchev–Trinajstić information content (AvgIpc) is 2.76. The van der Waals surface area contributed by atoms with Crippen LogP contribution in [0, 0.1) is 11.3 Å². The SMILES string of the molecule is CC1(C(=O)O)C(=O)N[C@H]2C[N+](C(=O)[O-])(C(C)(C)C)C[C@@H]2C1O. The smallest absolute Gasteiger partial charge is 0.321 e. The van der Waals surface area contributed by atoms with E-state index in [9.17, 15) is 29.7 Å². The summed E-state index contributed by atoms with van der Waals surface area (Å²) in [6, 6.07) is -0.591. The van der Waals surface area contributed by atoms with Crippen LogP contribution >= 0.6 is 0 Å². The Morgan fingerprint density at radius 3 is 2.32 bits per heavy atom. The third-order valence-electron chi connectivity index (χ3n) is 5.41. The van der Waals surface area contributed by atoms with Crippen LogP contribution in [0.1, 0.15) is 27.7 Å². The molecule has 0 aromatic carbocycles. The molecule has 0 aliphatic carbocycles. The second-order valence-corrected chi connectivity index (χ2v) is 7.47. The molecule has 2 rings (SSSR count). The predicted molar refractivity (Wildman–Crippen MR) is 72.3 cm³/mol. The van der Waals surface area contributed by atoms with E-state index in [4.69, 9.17) is 0 Å². The van der Waals surface area contributed by atoms with Crippen LogP contribution in [-0.2, 0) is 9.59 Å². The van der Waals surface area contributed by atoms with Gasteiger partial charge in [0.15, 0.2) is 5.41 Å². The van der Waals surface area contributed by atoms with Crippen molar-refractivity contribution >= 4 is 18.0 Å². The number of nitrogens with one attached hydrogen (secondary N) is 1. The van der Waals surface area contributed by atoms with Gasteiger partial charge in [-0.2, -0.15) is 0 Å². The Labute approximate surface area is 128 Å². The number of hydrogen-bond donors (Lipinski definition) is 3. The number of aliphatic hydroxyl groups excluding tert-OH is 1. The summed E-state index contributed by atoms with van der Waals surface area (Å²) in [6.07, 6.45) is -2.74. The van der Waals surface area contributed by atoms with Crippen molar-refractivity contribution in [3.05, 3.63) is 0 Å². The number of quaternary nitrogens is 1. The Bertz CT molecular complexity index is 542. The quantitative estimate of drug-likeness (QED) is 0.400. The van der Waals surface area contributed by atoms with Gasteiger partial charge in [0.25, 0.3) is 6.09 Å². The topological polar surface area (TPSA) is 127 Å². The number of rotatable bonds is 1. The summed E-state index contributed by atoms with van der Waals surface area (Å²) in [5.74, 6) is -2.87. The molecule has 2 fully saturated rings. The molecular formula is C14H22N2O6. The molecule has 2 heterocycles. The maximum Gasteiger partial charge on any atom is 0.321 e. The molecule has 0 spiro atoms. The van der Waals surface area contributed by atoms with Crippen LogP contribution in [0.5, 0.6) is 0 Å². The van der Waals surface area contributed by atoms with E-state index in [1.54, 1.807) is 20.8 Å². The third kappa shape index (κ3) is 1.94. The van der Waals surface area contributed by atoms with Crippen LogP contribution in [0.25, 0.3) is 0 Å². The molecule has 2 aliphatic heterocycles. The monoisotopic (exact) mass is 314 g/mol. The molecule has 0 aromatic heterocycles. The Morgan fingerprint density at radius 2 is 1.91 bits per heavy atom.